The molecule has 2 rings (SSSR count). The molecular formula is C21H25NO4. The van der Waals surface area contributed by atoms with Crippen LogP contribution >= 0.6 is 0 Å². The van der Waals surface area contributed by atoms with Gasteiger partial charge in [0.15, 0.2) is 6.10 Å². The first-order chi connectivity index (χ1) is 12.5. The summed E-state index contributed by atoms with van der Waals surface area (Å²) in [7, 11) is 0. The highest BCUT2D eigenvalue weighted by Crippen LogP contribution is 2.16. The summed E-state index contributed by atoms with van der Waals surface area (Å²) in [5, 5.41) is 2.78. The molecule has 0 saturated carbocycles. The third-order valence-corrected chi connectivity index (χ3v) is 3.79. The predicted molar refractivity (Wildman–Crippen MR) is 102 cm³/mol. The second kappa shape index (κ2) is 9.61. The summed E-state index contributed by atoms with van der Waals surface area (Å²) in [5.74, 6) is 0.0371. The van der Waals surface area contributed by atoms with E-state index in [1.54, 1.807) is 31.2 Å². The third kappa shape index (κ3) is 5.92. The second-order valence-electron chi connectivity index (χ2n) is 6.13. The van der Waals surface area contributed by atoms with Gasteiger partial charge in [0.2, 0.25) is 0 Å². The molecule has 0 unspecified atom stereocenters. The summed E-state index contributed by atoms with van der Waals surface area (Å²) < 4.78 is 10.8. The van der Waals surface area contributed by atoms with Crippen molar-refractivity contribution in [2.24, 2.45) is 0 Å². The number of rotatable bonds is 8. The number of anilines is 1. The van der Waals surface area contributed by atoms with Gasteiger partial charge >= 0.3 is 5.97 Å². The van der Waals surface area contributed by atoms with Crippen LogP contribution < -0.4 is 10.1 Å². The number of nitrogens with one attached hydrogen (secondary N) is 1. The first kappa shape index (κ1) is 19.5. The minimum absolute atomic E-state index is 0.259. The average Bonchev–Trinajstić information content (AvgIpc) is 2.62. The number of unbranched alkanes of at least 4 members (excludes halogenated alkanes) is 1. The Morgan fingerprint density at radius 1 is 1.12 bits per heavy atom. The molecule has 5 heteroatoms. The lowest BCUT2D eigenvalue weighted by Crippen LogP contribution is -2.30. The van der Waals surface area contributed by atoms with Gasteiger partial charge in [0.05, 0.1) is 12.2 Å². The van der Waals surface area contributed by atoms with Crippen molar-refractivity contribution >= 4 is 17.6 Å². The number of benzene rings is 2. The van der Waals surface area contributed by atoms with Gasteiger partial charge in [-0.2, -0.15) is 0 Å². The molecule has 0 aliphatic rings. The number of carbonyl (C=O) groups excluding carboxylic acids is 2. The molecule has 0 aliphatic heterocycles. The smallest absolute Gasteiger partial charge is 0.338 e. The van der Waals surface area contributed by atoms with Crippen LogP contribution in [-0.4, -0.2) is 24.6 Å². The molecule has 138 valence electrons. The Morgan fingerprint density at radius 2 is 1.85 bits per heavy atom. The Kier molecular flexibility index (Phi) is 7.21. The molecule has 0 saturated heterocycles. The fraction of sp³-hybridized carbons (Fsp3) is 0.333. The fourth-order valence-corrected chi connectivity index (χ4v) is 2.27. The first-order valence-electron chi connectivity index (χ1n) is 8.81. The number of amides is 1. The first-order valence-corrected chi connectivity index (χ1v) is 8.81. The van der Waals surface area contributed by atoms with Gasteiger partial charge in [-0.25, -0.2) is 4.79 Å². The van der Waals surface area contributed by atoms with E-state index >= 15 is 0 Å². The van der Waals surface area contributed by atoms with Crippen LogP contribution in [0, 0.1) is 6.92 Å². The largest absolute Gasteiger partial charge is 0.481 e. The van der Waals surface area contributed by atoms with Gasteiger partial charge in [-0.15, -0.1) is 0 Å². The molecule has 2 aromatic carbocycles. The highest BCUT2D eigenvalue weighted by molar-refractivity contribution is 5.95. The lowest BCUT2D eigenvalue weighted by molar-refractivity contribution is -0.122. The molecule has 0 spiro atoms. The van der Waals surface area contributed by atoms with Gasteiger partial charge in [0, 0.05) is 5.69 Å². The van der Waals surface area contributed by atoms with Gasteiger partial charge in [-0.05, 0) is 62.2 Å². The van der Waals surface area contributed by atoms with E-state index in [0.29, 0.717) is 23.6 Å². The van der Waals surface area contributed by atoms with Crippen molar-refractivity contribution in [2.45, 2.75) is 39.7 Å². The molecule has 1 atom stereocenters. The van der Waals surface area contributed by atoms with Crippen LogP contribution in [0.4, 0.5) is 5.69 Å². The SMILES string of the molecule is CCCCOC(=O)c1ccc(NC(=O)[C@H](C)Oc2cccc(C)c2)cc1. The quantitative estimate of drug-likeness (QED) is 0.564. The van der Waals surface area contributed by atoms with Gasteiger partial charge in [-0.3, -0.25) is 4.79 Å². The van der Waals surface area contributed by atoms with Crippen LogP contribution in [0.2, 0.25) is 0 Å². The normalized spacial score (nSPS) is 11.5. The molecule has 0 heterocycles. The molecule has 5 nitrogen and oxygen atoms in total. The van der Waals surface area contributed by atoms with Crippen LogP contribution in [0.1, 0.15) is 42.6 Å². The van der Waals surface area contributed by atoms with Crippen molar-refractivity contribution in [1.29, 1.82) is 0 Å². The van der Waals surface area contributed by atoms with Crippen molar-refractivity contribution in [3.63, 3.8) is 0 Å². The zero-order valence-electron chi connectivity index (χ0n) is 15.5. The molecule has 1 amide bonds. The number of ether oxygens (including phenoxy) is 2. The van der Waals surface area contributed by atoms with E-state index in [2.05, 4.69) is 5.32 Å². The van der Waals surface area contributed by atoms with E-state index < -0.39 is 6.10 Å². The number of carbonyl (C=O) groups is 2. The number of esters is 1. The summed E-state index contributed by atoms with van der Waals surface area (Å²) in [6.07, 6.45) is 1.18. The summed E-state index contributed by atoms with van der Waals surface area (Å²) in [5.41, 5.74) is 2.12. The Bertz CT molecular complexity index is 740. The second-order valence-corrected chi connectivity index (χ2v) is 6.13. The lowest BCUT2D eigenvalue weighted by atomic mass is 10.2. The Labute approximate surface area is 154 Å². The van der Waals surface area contributed by atoms with E-state index in [4.69, 9.17) is 9.47 Å². The van der Waals surface area contributed by atoms with Crippen molar-refractivity contribution in [1.82, 2.24) is 0 Å². The molecule has 0 aliphatic carbocycles. The fourth-order valence-electron chi connectivity index (χ4n) is 2.27. The number of hydrogen-bond donors (Lipinski definition) is 1. The highest BCUT2D eigenvalue weighted by Gasteiger charge is 2.15. The molecule has 2 aromatic rings. The standard InChI is InChI=1S/C21H25NO4/c1-4-5-13-25-21(24)17-9-11-18(12-10-17)22-20(23)16(3)26-19-8-6-7-15(2)14-19/h6-12,14,16H,4-5,13H2,1-3H3,(H,22,23)/t16-/m0/s1. The van der Waals surface area contributed by atoms with Crippen molar-refractivity contribution in [2.75, 3.05) is 11.9 Å². The van der Waals surface area contributed by atoms with E-state index in [0.717, 1.165) is 18.4 Å². The van der Waals surface area contributed by atoms with Gasteiger partial charge in [0.25, 0.3) is 5.91 Å². The Hall–Kier alpha value is -2.82. The molecule has 0 radical (unpaired) electrons. The monoisotopic (exact) mass is 355 g/mol. The summed E-state index contributed by atoms with van der Waals surface area (Å²) >= 11 is 0. The zero-order valence-corrected chi connectivity index (χ0v) is 15.5. The summed E-state index contributed by atoms with van der Waals surface area (Å²) in [6.45, 7) is 6.11. The van der Waals surface area contributed by atoms with Crippen LogP contribution in [0.5, 0.6) is 5.75 Å². The van der Waals surface area contributed by atoms with Crippen molar-refractivity contribution in [3.05, 3.63) is 59.7 Å². The lowest BCUT2D eigenvalue weighted by Gasteiger charge is -2.15. The van der Waals surface area contributed by atoms with Gasteiger partial charge in [-0.1, -0.05) is 25.5 Å². The maximum atomic E-state index is 12.3. The molecule has 0 fully saturated rings. The van der Waals surface area contributed by atoms with Crippen LogP contribution in [0.15, 0.2) is 48.5 Å². The Balaban J connectivity index is 1.89. The van der Waals surface area contributed by atoms with Crippen LogP contribution in [0.25, 0.3) is 0 Å². The van der Waals surface area contributed by atoms with Crippen LogP contribution in [-0.2, 0) is 9.53 Å². The molecule has 0 bridgehead atoms. The molecule has 26 heavy (non-hydrogen) atoms. The zero-order chi connectivity index (χ0) is 18.9. The average molecular weight is 355 g/mol. The Morgan fingerprint density at radius 3 is 2.50 bits per heavy atom. The number of hydrogen-bond acceptors (Lipinski definition) is 4. The van der Waals surface area contributed by atoms with E-state index in [1.807, 2.05) is 38.1 Å². The highest BCUT2D eigenvalue weighted by atomic mass is 16.5. The van der Waals surface area contributed by atoms with Crippen LogP contribution in [0.3, 0.4) is 0 Å². The summed E-state index contributed by atoms with van der Waals surface area (Å²) in [6, 6.07) is 14.2. The van der Waals surface area contributed by atoms with Gasteiger partial charge in [0.1, 0.15) is 5.75 Å². The van der Waals surface area contributed by atoms with Gasteiger partial charge < -0.3 is 14.8 Å². The molecule has 1 N–H and O–H groups in total. The molecule has 0 aromatic heterocycles. The summed E-state index contributed by atoms with van der Waals surface area (Å²) in [4.78, 5) is 24.1. The maximum absolute atomic E-state index is 12.3. The third-order valence-electron chi connectivity index (χ3n) is 3.79. The maximum Gasteiger partial charge on any atom is 0.338 e. The van der Waals surface area contributed by atoms with E-state index in [-0.39, 0.29) is 11.9 Å². The minimum Gasteiger partial charge on any atom is -0.481 e. The number of aryl methyl sites for hydroxylation is 1. The van der Waals surface area contributed by atoms with Crippen molar-refractivity contribution in [3.8, 4) is 5.75 Å². The minimum atomic E-state index is -0.643. The van der Waals surface area contributed by atoms with E-state index in [9.17, 15) is 9.59 Å². The van der Waals surface area contributed by atoms with Crippen molar-refractivity contribution < 1.29 is 19.1 Å². The molecular weight excluding hydrogens is 330 g/mol. The predicted octanol–water partition coefficient (Wildman–Crippen LogP) is 4.36. The topological polar surface area (TPSA) is 64.6 Å². The van der Waals surface area contributed by atoms with E-state index in [1.165, 1.54) is 0 Å².